The first-order chi connectivity index (χ1) is 14.5. The van der Waals surface area contributed by atoms with E-state index in [4.69, 9.17) is 16.3 Å². The SMILES string of the molecule is COc1cc(Cl)ccc1C(=O)NCCc1ccc(N2CCCCC2)c(NS(=O)[O-])c1. The van der Waals surface area contributed by atoms with E-state index >= 15 is 0 Å². The van der Waals surface area contributed by atoms with E-state index in [0.29, 0.717) is 35.0 Å². The Kier molecular flexibility index (Phi) is 7.95. The summed E-state index contributed by atoms with van der Waals surface area (Å²) in [7, 11) is 1.49. The molecule has 30 heavy (non-hydrogen) atoms. The second-order valence-corrected chi connectivity index (χ2v) is 8.20. The van der Waals surface area contributed by atoms with Crippen molar-refractivity contribution in [1.82, 2.24) is 5.32 Å². The van der Waals surface area contributed by atoms with Crippen LogP contribution in [-0.2, 0) is 17.7 Å². The molecule has 2 aromatic rings. The number of benzene rings is 2. The average Bonchev–Trinajstić information content (AvgIpc) is 2.74. The molecule has 7 nitrogen and oxygen atoms in total. The number of carbonyl (C=O) groups excluding carboxylic acids is 1. The summed E-state index contributed by atoms with van der Waals surface area (Å²) in [6.45, 7) is 2.23. The molecule has 1 unspecified atom stereocenters. The van der Waals surface area contributed by atoms with Gasteiger partial charge >= 0.3 is 0 Å². The Hall–Kier alpha value is -2.29. The van der Waals surface area contributed by atoms with Crippen molar-refractivity contribution in [3.8, 4) is 5.75 Å². The number of carbonyl (C=O) groups is 1. The van der Waals surface area contributed by atoms with Gasteiger partial charge in [0.25, 0.3) is 5.91 Å². The van der Waals surface area contributed by atoms with Gasteiger partial charge in [-0.05, 0) is 61.6 Å². The molecule has 162 valence electrons. The number of methoxy groups -OCH3 is 1. The van der Waals surface area contributed by atoms with Crippen LogP contribution < -0.4 is 19.7 Å². The predicted octanol–water partition coefficient (Wildman–Crippen LogP) is 3.52. The van der Waals surface area contributed by atoms with Crippen molar-refractivity contribution in [2.75, 3.05) is 36.4 Å². The lowest BCUT2D eigenvalue weighted by Crippen LogP contribution is -2.30. The maximum Gasteiger partial charge on any atom is 0.255 e. The highest BCUT2D eigenvalue weighted by atomic mass is 35.5. The molecular weight excluding hydrogens is 426 g/mol. The molecule has 1 aliphatic heterocycles. The fourth-order valence-corrected chi connectivity index (χ4v) is 4.09. The van der Waals surface area contributed by atoms with E-state index < -0.39 is 11.3 Å². The molecule has 1 heterocycles. The van der Waals surface area contributed by atoms with Crippen LogP contribution in [0.5, 0.6) is 5.75 Å². The van der Waals surface area contributed by atoms with E-state index in [9.17, 15) is 13.6 Å². The maximum atomic E-state index is 12.5. The molecule has 1 saturated heterocycles. The molecule has 3 rings (SSSR count). The Labute approximate surface area is 184 Å². The predicted molar refractivity (Wildman–Crippen MR) is 119 cm³/mol. The number of halogens is 1. The summed E-state index contributed by atoms with van der Waals surface area (Å²) in [6, 6.07) is 10.6. The fraction of sp³-hybridized carbons (Fsp3) is 0.381. The summed E-state index contributed by atoms with van der Waals surface area (Å²) in [5.41, 5.74) is 2.78. The van der Waals surface area contributed by atoms with Gasteiger partial charge in [0, 0.05) is 35.9 Å². The zero-order valence-electron chi connectivity index (χ0n) is 16.8. The molecule has 0 radical (unpaired) electrons. The number of hydrogen-bond acceptors (Lipinski definition) is 5. The lowest BCUT2D eigenvalue weighted by molar-refractivity contribution is 0.0951. The van der Waals surface area contributed by atoms with Gasteiger partial charge in [0.15, 0.2) is 0 Å². The zero-order chi connectivity index (χ0) is 21.5. The lowest BCUT2D eigenvalue weighted by Gasteiger charge is -2.31. The summed E-state index contributed by atoms with van der Waals surface area (Å²) in [6.07, 6.45) is 3.95. The molecule has 1 atom stereocenters. The van der Waals surface area contributed by atoms with Crippen LogP contribution in [0.25, 0.3) is 0 Å². The molecule has 2 aromatic carbocycles. The second kappa shape index (κ2) is 10.7. The minimum absolute atomic E-state index is 0.257. The van der Waals surface area contributed by atoms with Gasteiger partial charge in [-0.25, -0.2) is 0 Å². The Morgan fingerprint density at radius 2 is 1.97 bits per heavy atom. The van der Waals surface area contributed by atoms with Crippen molar-refractivity contribution in [3.05, 3.63) is 52.5 Å². The van der Waals surface area contributed by atoms with Gasteiger partial charge in [-0.1, -0.05) is 17.7 Å². The highest BCUT2D eigenvalue weighted by Crippen LogP contribution is 2.30. The van der Waals surface area contributed by atoms with Crippen molar-refractivity contribution in [1.29, 1.82) is 0 Å². The quantitative estimate of drug-likeness (QED) is 0.600. The molecule has 0 spiro atoms. The van der Waals surface area contributed by atoms with E-state index in [1.54, 1.807) is 18.2 Å². The van der Waals surface area contributed by atoms with Gasteiger partial charge < -0.3 is 24.2 Å². The highest BCUT2D eigenvalue weighted by molar-refractivity contribution is 7.80. The lowest BCUT2D eigenvalue weighted by atomic mass is 10.1. The Balaban J connectivity index is 1.66. The van der Waals surface area contributed by atoms with Crippen LogP contribution in [0.15, 0.2) is 36.4 Å². The first kappa shape index (κ1) is 22.4. The molecule has 0 saturated carbocycles. The van der Waals surface area contributed by atoms with Crippen LogP contribution in [0.4, 0.5) is 11.4 Å². The van der Waals surface area contributed by atoms with Crippen LogP contribution in [-0.4, -0.2) is 41.4 Å². The molecule has 1 aliphatic rings. The average molecular weight is 451 g/mol. The second-order valence-electron chi connectivity index (χ2n) is 7.09. The van der Waals surface area contributed by atoms with Gasteiger partial charge in [-0.2, -0.15) is 0 Å². The summed E-state index contributed by atoms with van der Waals surface area (Å²) in [5, 5.41) is 3.36. The van der Waals surface area contributed by atoms with E-state index in [-0.39, 0.29) is 5.91 Å². The van der Waals surface area contributed by atoms with Crippen molar-refractivity contribution in [2.24, 2.45) is 0 Å². The largest absolute Gasteiger partial charge is 0.755 e. The summed E-state index contributed by atoms with van der Waals surface area (Å²) >= 11 is 3.53. The molecule has 0 aliphatic carbocycles. The topological polar surface area (TPSA) is 93.7 Å². The van der Waals surface area contributed by atoms with Crippen molar-refractivity contribution in [2.45, 2.75) is 25.7 Å². The van der Waals surface area contributed by atoms with Gasteiger partial charge in [0.2, 0.25) is 0 Å². The van der Waals surface area contributed by atoms with Crippen LogP contribution in [0.2, 0.25) is 5.02 Å². The van der Waals surface area contributed by atoms with Crippen molar-refractivity contribution in [3.63, 3.8) is 0 Å². The van der Waals surface area contributed by atoms with Crippen molar-refractivity contribution < 1.29 is 18.3 Å². The molecule has 9 heteroatoms. The summed E-state index contributed by atoms with van der Waals surface area (Å²) < 4.78 is 30.2. The van der Waals surface area contributed by atoms with Crippen LogP contribution in [0.1, 0.15) is 35.2 Å². The number of piperidine rings is 1. The number of nitrogens with one attached hydrogen (secondary N) is 2. The summed E-state index contributed by atoms with van der Waals surface area (Å²) in [5.74, 6) is 0.155. The number of hydrogen-bond donors (Lipinski definition) is 2. The standard InChI is InChI=1S/C21H26ClN3O4S/c1-29-20-14-16(22)6-7-17(20)21(26)23-10-9-15-5-8-19(18(13-15)24-30(27)28)25-11-3-2-4-12-25/h5-8,13-14,24H,2-4,9-12H2,1H3,(H,23,26)(H,27,28)/p-1. The third-order valence-corrected chi connectivity index (χ3v) is 5.68. The number of amides is 1. The number of anilines is 2. The molecule has 2 N–H and O–H groups in total. The Morgan fingerprint density at radius 1 is 1.20 bits per heavy atom. The smallest absolute Gasteiger partial charge is 0.255 e. The highest BCUT2D eigenvalue weighted by Gasteiger charge is 2.16. The zero-order valence-corrected chi connectivity index (χ0v) is 18.4. The molecule has 0 aromatic heterocycles. The van der Waals surface area contributed by atoms with Crippen LogP contribution in [0.3, 0.4) is 0 Å². The van der Waals surface area contributed by atoms with E-state index in [0.717, 1.165) is 37.2 Å². The third kappa shape index (κ3) is 5.87. The minimum atomic E-state index is -2.40. The van der Waals surface area contributed by atoms with Gasteiger partial charge in [0.1, 0.15) is 5.75 Å². The van der Waals surface area contributed by atoms with Gasteiger partial charge in [0.05, 0.1) is 24.0 Å². The van der Waals surface area contributed by atoms with Gasteiger partial charge in [-0.15, -0.1) is 0 Å². The van der Waals surface area contributed by atoms with Crippen LogP contribution >= 0.6 is 11.6 Å². The molecular formula is C21H25ClN3O4S-. The number of ether oxygens (including phenoxy) is 1. The monoisotopic (exact) mass is 450 g/mol. The minimum Gasteiger partial charge on any atom is -0.755 e. The molecule has 0 bridgehead atoms. The number of rotatable bonds is 8. The van der Waals surface area contributed by atoms with Gasteiger partial charge in [-0.3, -0.25) is 9.00 Å². The fourth-order valence-electron chi connectivity index (χ4n) is 3.59. The van der Waals surface area contributed by atoms with E-state index in [2.05, 4.69) is 14.9 Å². The van der Waals surface area contributed by atoms with Crippen LogP contribution in [0, 0.1) is 0 Å². The Morgan fingerprint density at radius 3 is 2.67 bits per heavy atom. The Bertz CT molecular complexity index is 919. The summed E-state index contributed by atoms with van der Waals surface area (Å²) in [4.78, 5) is 14.7. The third-order valence-electron chi connectivity index (χ3n) is 5.06. The van der Waals surface area contributed by atoms with Crippen molar-refractivity contribution >= 4 is 40.1 Å². The normalized spacial score (nSPS) is 14.8. The maximum absolute atomic E-state index is 12.5. The first-order valence-electron chi connectivity index (χ1n) is 9.83. The first-order valence-corrected chi connectivity index (χ1v) is 11.3. The molecule has 1 amide bonds. The van der Waals surface area contributed by atoms with E-state index in [1.807, 2.05) is 18.2 Å². The number of nitrogens with zero attached hydrogens (tertiary/aromatic N) is 1. The van der Waals surface area contributed by atoms with E-state index in [1.165, 1.54) is 13.5 Å². The molecule has 1 fully saturated rings.